The maximum absolute atomic E-state index is 5.45. The van der Waals surface area contributed by atoms with E-state index in [9.17, 15) is 0 Å². The zero-order valence-electron chi connectivity index (χ0n) is 14.7. The summed E-state index contributed by atoms with van der Waals surface area (Å²) >= 11 is 5.45. The molecule has 24 heavy (non-hydrogen) atoms. The lowest BCUT2D eigenvalue weighted by molar-refractivity contribution is 0.489. The number of nitrogens with zero attached hydrogens (tertiary/aromatic N) is 2. The maximum atomic E-state index is 5.45. The van der Waals surface area contributed by atoms with E-state index in [0.717, 1.165) is 31.2 Å². The number of rotatable bonds is 5. The van der Waals surface area contributed by atoms with Crippen LogP contribution in [-0.2, 0) is 13.1 Å². The molecule has 0 aliphatic carbocycles. The van der Waals surface area contributed by atoms with Gasteiger partial charge < -0.3 is 14.8 Å². The Labute approximate surface area is 149 Å². The molecule has 1 heterocycles. The molecule has 3 aromatic rings. The molecule has 0 aliphatic rings. The lowest BCUT2D eigenvalue weighted by Crippen LogP contribution is -2.36. The number of aryl methyl sites for hydroxylation is 1. The molecule has 3 rings (SSSR count). The average Bonchev–Trinajstić information content (AvgIpc) is 2.92. The second-order valence-electron chi connectivity index (χ2n) is 6.20. The predicted octanol–water partition coefficient (Wildman–Crippen LogP) is 4.53. The van der Waals surface area contributed by atoms with Crippen LogP contribution in [0.1, 0.15) is 25.8 Å². The van der Waals surface area contributed by atoms with Crippen LogP contribution in [0, 0.1) is 0 Å². The van der Waals surface area contributed by atoms with Gasteiger partial charge in [0.2, 0.25) is 0 Å². The normalized spacial score (nSPS) is 11.1. The number of para-hydroxylation sites is 1. The number of aromatic nitrogens is 1. The standard InChI is InChI=1S/C20H25N3S/c1-4-12-21-20(24)22(3)14-15-10-11-19-17(13-15)16-8-6-7-9-18(16)23(19)5-2/h6-11,13H,4-5,12,14H2,1-3H3,(H,21,24). The first kappa shape index (κ1) is 16.8. The van der Waals surface area contributed by atoms with Gasteiger partial charge in [-0.1, -0.05) is 31.2 Å². The molecule has 0 fully saturated rings. The minimum absolute atomic E-state index is 0.813. The molecule has 0 unspecified atom stereocenters. The number of thiocarbonyl (C=S) groups is 1. The van der Waals surface area contributed by atoms with Crippen LogP contribution in [0.5, 0.6) is 0 Å². The molecule has 0 aliphatic heterocycles. The minimum Gasteiger partial charge on any atom is -0.363 e. The summed E-state index contributed by atoms with van der Waals surface area (Å²) in [4.78, 5) is 2.10. The highest BCUT2D eigenvalue weighted by atomic mass is 32.1. The van der Waals surface area contributed by atoms with Gasteiger partial charge in [0.1, 0.15) is 0 Å². The van der Waals surface area contributed by atoms with E-state index < -0.39 is 0 Å². The summed E-state index contributed by atoms with van der Waals surface area (Å²) < 4.78 is 2.38. The molecule has 1 N–H and O–H groups in total. The molecule has 0 saturated carbocycles. The number of hydrogen-bond acceptors (Lipinski definition) is 1. The second-order valence-corrected chi connectivity index (χ2v) is 6.59. The van der Waals surface area contributed by atoms with E-state index in [4.69, 9.17) is 12.2 Å². The average molecular weight is 340 g/mol. The highest BCUT2D eigenvalue weighted by molar-refractivity contribution is 7.80. The summed E-state index contributed by atoms with van der Waals surface area (Å²) in [5.41, 5.74) is 3.89. The smallest absolute Gasteiger partial charge is 0.168 e. The molecular formula is C20H25N3S. The Morgan fingerprint density at radius 3 is 2.58 bits per heavy atom. The zero-order chi connectivity index (χ0) is 17.1. The van der Waals surface area contributed by atoms with Crippen LogP contribution in [0.15, 0.2) is 42.5 Å². The van der Waals surface area contributed by atoms with Gasteiger partial charge in [0, 0.05) is 48.5 Å². The third kappa shape index (κ3) is 3.11. The van der Waals surface area contributed by atoms with Crippen LogP contribution >= 0.6 is 12.2 Å². The molecular weight excluding hydrogens is 314 g/mol. The van der Waals surface area contributed by atoms with Crippen molar-refractivity contribution in [2.24, 2.45) is 0 Å². The van der Waals surface area contributed by atoms with Gasteiger partial charge in [-0.2, -0.15) is 0 Å². The Balaban J connectivity index is 1.94. The van der Waals surface area contributed by atoms with E-state index in [1.54, 1.807) is 0 Å². The van der Waals surface area contributed by atoms with Gasteiger partial charge in [-0.15, -0.1) is 0 Å². The molecule has 0 amide bonds. The minimum atomic E-state index is 0.813. The molecule has 0 radical (unpaired) electrons. The van der Waals surface area contributed by atoms with Gasteiger partial charge in [0.15, 0.2) is 5.11 Å². The molecule has 1 aromatic heterocycles. The second kappa shape index (κ2) is 7.22. The Kier molecular flexibility index (Phi) is 5.05. The molecule has 4 heteroatoms. The van der Waals surface area contributed by atoms with Crippen molar-refractivity contribution in [1.82, 2.24) is 14.8 Å². The van der Waals surface area contributed by atoms with Crippen LogP contribution in [0.4, 0.5) is 0 Å². The van der Waals surface area contributed by atoms with E-state index in [0.29, 0.717) is 0 Å². The first-order chi connectivity index (χ1) is 11.7. The molecule has 0 atom stereocenters. The largest absolute Gasteiger partial charge is 0.363 e. The predicted molar refractivity (Wildman–Crippen MR) is 107 cm³/mol. The van der Waals surface area contributed by atoms with Crippen molar-refractivity contribution in [3.05, 3.63) is 48.0 Å². The van der Waals surface area contributed by atoms with Crippen molar-refractivity contribution < 1.29 is 0 Å². The summed E-state index contributed by atoms with van der Waals surface area (Å²) in [5.74, 6) is 0. The van der Waals surface area contributed by atoms with Crippen LogP contribution in [-0.4, -0.2) is 28.2 Å². The summed E-state index contributed by atoms with van der Waals surface area (Å²) in [6.07, 6.45) is 1.08. The van der Waals surface area contributed by atoms with Crippen LogP contribution < -0.4 is 5.32 Å². The number of benzene rings is 2. The number of hydrogen-bond donors (Lipinski definition) is 1. The van der Waals surface area contributed by atoms with Crippen molar-refractivity contribution in [3.8, 4) is 0 Å². The fraction of sp³-hybridized carbons (Fsp3) is 0.350. The van der Waals surface area contributed by atoms with Gasteiger partial charge in [0.25, 0.3) is 0 Å². The van der Waals surface area contributed by atoms with E-state index in [2.05, 4.69) is 71.1 Å². The Morgan fingerprint density at radius 1 is 1.08 bits per heavy atom. The van der Waals surface area contributed by atoms with Crippen molar-refractivity contribution in [2.45, 2.75) is 33.4 Å². The summed E-state index contributed by atoms with van der Waals surface area (Å²) in [6.45, 7) is 7.07. The Morgan fingerprint density at radius 2 is 1.83 bits per heavy atom. The molecule has 0 saturated heterocycles. The highest BCUT2D eigenvalue weighted by Gasteiger charge is 2.11. The maximum Gasteiger partial charge on any atom is 0.168 e. The fourth-order valence-electron chi connectivity index (χ4n) is 3.25. The van der Waals surface area contributed by atoms with Crippen molar-refractivity contribution in [2.75, 3.05) is 13.6 Å². The van der Waals surface area contributed by atoms with Crippen molar-refractivity contribution in [3.63, 3.8) is 0 Å². The van der Waals surface area contributed by atoms with E-state index >= 15 is 0 Å². The fourth-order valence-corrected chi connectivity index (χ4v) is 3.42. The van der Waals surface area contributed by atoms with Crippen LogP contribution in [0.3, 0.4) is 0 Å². The van der Waals surface area contributed by atoms with Gasteiger partial charge in [-0.25, -0.2) is 0 Å². The van der Waals surface area contributed by atoms with Crippen LogP contribution in [0.2, 0.25) is 0 Å². The number of fused-ring (bicyclic) bond motifs is 3. The first-order valence-electron chi connectivity index (χ1n) is 8.64. The lowest BCUT2D eigenvalue weighted by Gasteiger charge is -2.21. The Hall–Kier alpha value is -2.07. The summed E-state index contributed by atoms with van der Waals surface area (Å²) in [6, 6.07) is 15.4. The third-order valence-corrected chi connectivity index (χ3v) is 4.90. The quantitative estimate of drug-likeness (QED) is 0.690. The van der Waals surface area contributed by atoms with Crippen molar-refractivity contribution in [1.29, 1.82) is 0 Å². The lowest BCUT2D eigenvalue weighted by atomic mass is 10.1. The van der Waals surface area contributed by atoms with E-state index in [-0.39, 0.29) is 0 Å². The Bertz CT molecular complexity index is 866. The van der Waals surface area contributed by atoms with Gasteiger partial charge in [-0.3, -0.25) is 0 Å². The molecule has 0 bridgehead atoms. The molecule has 0 spiro atoms. The van der Waals surface area contributed by atoms with Gasteiger partial charge in [-0.05, 0) is 49.3 Å². The molecule has 3 nitrogen and oxygen atoms in total. The van der Waals surface area contributed by atoms with Crippen LogP contribution in [0.25, 0.3) is 21.8 Å². The first-order valence-corrected chi connectivity index (χ1v) is 9.05. The summed E-state index contributed by atoms with van der Waals surface area (Å²) in [7, 11) is 2.05. The third-order valence-electron chi connectivity index (χ3n) is 4.45. The monoisotopic (exact) mass is 339 g/mol. The zero-order valence-corrected chi connectivity index (χ0v) is 15.5. The van der Waals surface area contributed by atoms with E-state index in [1.807, 2.05) is 7.05 Å². The van der Waals surface area contributed by atoms with Crippen molar-refractivity contribution >= 4 is 39.1 Å². The SMILES string of the molecule is CCCNC(=S)N(C)Cc1ccc2c(c1)c1ccccc1n2CC. The number of nitrogens with one attached hydrogen (secondary N) is 1. The molecule has 126 valence electrons. The van der Waals surface area contributed by atoms with E-state index in [1.165, 1.54) is 27.4 Å². The topological polar surface area (TPSA) is 20.2 Å². The molecule has 2 aromatic carbocycles. The van der Waals surface area contributed by atoms with Gasteiger partial charge >= 0.3 is 0 Å². The highest BCUT2D eigenvalue weighted by Crippen LogP contribution is 2.29. The van der Waals surface area contributed by atoms with Gasteiger partial charge in [0.05, 0.1) is 0 Å². The summed E-state index contributed by atoms with van der Waals surface area (Å²) in [5, 5.41) is 6.75.